The predicted molar refractivity (Wildman–Crippen MR) is 46.6 cm³/mol. The molecule has 0 aromatic carbocycles. The zero-order chi connectivity index (χ0) is 11.1. The quantitative estimate of drug-likeness (QED) is 0.560. The fourth-order valence-electron chi connectivity index (χ4n) is 1.15. The third-order valence-corrected chi connectivity index (χ3v) is 1.82. The first-order valence-corrected chi connectivity index (χ1v) is 3.69. The normalized spacial score (nSPS) is 17.3. The number of nitrogens with zero attached hydrogens (tertiary/aromatic N) is 2. The van der Waals surface area contributed by atoms with Crippen LogP contribution >= 0.6 is 0 Å². The van der Waals surface area contributed by atoms with E-state index in [2.05, 4.69) is 5.10 Å². The van der Waals surface area contributed by atoms with Crippen molar-refractivity contribution < 1.29 is 4.11 Å². The van der Waals surface area contributed by atoms with Crippen molar-refractivity contribution in [2.75, 3.05) is 0 Å². The van der Waals surface area contributed by atoms with E-state index in [9.17, 15) is 0 Å². The lowest BCUT2D eigenvalue weighted by molar-refractivity contribution is 0.583. The van der Waals surface area contributed by atoms with E-state index in [1.807, 2.05) is 20.8 Å². The van der Waals surface area contributed by atoms with Crippen molar-refractivity contribution in [2.45, 2.75) is 33.1 Å². The van der Waals surface area contributed by atoms with Crippen LogP contribution in [0, 0.1) is 6.92 Å². The number of aryl methyl sites for hydroxylation is 1. The van der Waals surface area contributed by atoms with Crippen molar-refractivity contribution >= 4 is 0 Å². The van der Waals surface area contributed by atoms with Gasteiger partial charge in [-0.25, -0.2) is 0 Å². The molecule has 11 heavy (non-hydrogen) atoms. The molecule has 0 radical (unpaired) electrons. The molecule has 0 fully saturated rings. The molecule has 0 aliphatic carbocycles. The maximum absolute atomic E-state index is 7.27. The molecule has 1 heterocycles. The second-order valence-corrected chi connectivity index (χ2v) is 3.81. The van der Waals surface area contributed by atoms with Crippen molar-refractivity contribution in [2.24, 2.45) is 6.98 Å². The third kappa shape index (κ3) is 1.44. The molecule has 2 nitrogen and oxygen atoms in total. The van der Waals surface area contributed by atoms with Crippen molar-refractivity contribution in [3.05, 3.63) is 17.5 Å². The predicted octanol–water partition coefficient (Wildman–Crippen LogP) is 2.03. The average Bonchev–Trinajstić information content (AvgIpc) is 2.26. The van der Waals surface area contributed by atoms with Crippen LogP contribution in [-0.2, 0) is 12.4 Å². The summed E-state index contributed by atoms with van der Waals surface area (Å²) in [5, 5.41) is 3.91. The van der Waals surface area contributed by atoms with E-state index >= 15 is 0 Å². The summed E-state index contributed by atoms with van der Waals surface area (Å²) < 4.78 is 22.9. The Hall–Kier alpha value is -0.790. The van der Waals surface area contributed by atoms with Crippen molar-refractivity contribution in [3.63, 3.8) is 0 Å². The van der Waals surface area contributed by atoms with E-state index in [0.717, 1.165) is 15.9 Å². The van der Waals surface area contributed by atoms with Crippen LogP contribution in [0.2, 0.25) is 0 Å². The molecular formula is C9H16N2. The first-order valence-electron chi connectivity index (χ1n) is 5.19. The van der Waals surface area contributed by atoms with Gasteiger partial charge in [0, 0.05) is 16.8 Å². The summed E-state index contributed by atoms with van der Waals surface area (Å²) in [7, 11) is 0. The topological polar surface area (TPSA) is 17.8 Å². The summed E-state index contributed by atoms with van der Waals surface area (Å²) in [6.45, 7) is 5.75. The van der Waals surface area contributed by atoms with Gasteiger partial charge >= 0.3 is 0 Å². The maximum Gasteiger partial charge on any atom is 0.0529 e. The molecule has 1 aromatic rings. The summed E-state index contributed by atoms with van der Waals surface area (Å²) in [6, 6.07) is 0. The Kier molecular flexibility index (Phi) is 1.07. The standard InChI is InChI=1S/C9H16N2/c1-7-8(9(2,3)4)6-10-11(7)5/h6H,1-5H3/i5D3. The first kappa shape index (κ1) is 4.96. The zero-order valence-corrected chi connectivity index (χ0v) is 7.47. The molecule has 0 bridgehead atoms. The van der Waals surface area contributed by atoms with Gasteiger partial charge < -0.3 is 0 Å². The highest BCUT2D eigenvalue weighted by Crippen LogP contribution is 2.24. The van der Waals surface area contributed by atoms with Crippen molar-refractivity contribution in [1.29, 1.82) is 0 Å². The van der Waals surface area contributed by atoms with E-state index < -0.39 is 6.98 Å². The number of rotatable bonds is 0. The smallest absolute Gasteiger partial charge is 0.0529 e. The van der Waals surface area contributed by atoms with Gasteiger partial charge in [0.15, 0.2) is 0 Å². The second-order valence-electron chi connectivity index (χ2n) is 3.81. The van der Waals surface area contributed by atoms with Crippen LogP contribution in [0.3, 0.4) is 0 Å². The number of hydrogen-bond acceptors (Lipinski definition) is 1. The molecule has 0 saturated heterocycles. The van der Waals surface area contributed by atoms with Crippen LogP contribution in [0.1, 0.15) is 36.1 Å². The van der Waals surface area contributed by atoms with E-state index in [4.69, 9.17) is 4.11 Å². The van der Waals surface area contributed by atoms with E-state index in [1.165, 1.54) is 0 Å². The highest BCUT2D eigenvalue weighted by atomic mass is 15.3. The van der Waals surface area contributed by atoms with Crippen LogP contribution < -0.4 is 0 Å². The highest BCUT2D eigenvalue weighted by Gasteiger charge is 2.18. The monoisotopic (exact) mass is 155 g/mol. The Labute approximate surface area is 72.4 Å². The third-order valence-electron chi connectivity index (χ3n) is 1.82. The fraction of sp³-hybridized carbons (Fsp3) is 0.667. The van der Waals surface area contributed by atoms with Crippen LogP contribution in [-0.4, -0.2) is 9.78 Å². The molecular weight excluding hydrogens is 136 g/mol. The molecule has 2 heteroatoms. The van der Waals surface area contributed by atoms with Gasteiger partial charge in [-0.2, -0.15) is 5.10 Å². The molecule has 0 spiro atoms. The van der Waals surface area contributed by atoms with Gasteiger partial charge in [0.2, 0.25) is 0 Å². The summed E-state index contributed by atoms with van der Waals surface area (Å²) in [4.78, 5) is 0. The van der Waals surface area contributed by atoms with Crippen molar-refractivity contribution in [3.8, 4) is 0 Å². The SMILES string of the molecule is [2H]C([2H])([2H])n1ncc(C(C)(C)C)c1C. The lowest BCUT2D eigenvalue weighted by Gasteiger charge is -2.17. The van der Waals surface area contributed by atoms with E-state index in [1.54, 1.807) is 13.1 Å². The van der Waals surface area contributed by atoms with Gasteiger partial charge in [-0.05, 0) is 17.9 Å². The molecule has 0 aliphatic heterocycles. The van der Waals surface area contributed by atoms with Gasteiger partial charge in [0.1, 0.15) is 0 Å². The van der Waals surface area contributed by atoms with Crippen LogP contribution in [0.5, 0.6) is 0 Å². The van der Waals surface area contributed by atoms with Gasteiger partial charge in [-0.1, -0.05) is 20.8 Å². The zero-order valence-electron chi connectivity index (χ0n) is 10.5. The Morgan fingerprint density at radius 1 is 1.55 bits per heavy atom. The summed E-state index contributed by atoms with van der Waals surface area (Å²) >= 11 is 0. The second kappa shape index (κ2) is 2.36. The van der Waals surface area contributed by atoms with Gasteiger partial charge in [-0.15, -0.1) is 0 Å². The van der Waals surface area contributed by atoms with Gasteiger partial charge in [-0.3, -0.25) is 4.68 Å². The lowest BCUT2D eigenvalue weighted by atomic mass is 9.88. The lowest BCUT2D eigenvalue weighted by Crippen LogP contribution is -2.12. The minimum Gasteiger partial charge on any atom is -0.273 e. The van der Waals surface area contributed by atoms with Crippen LogP contribution in [0.4, 0.5) is 0 Å². The Morgan fingerprint density at radius 2 is 2.18 bits per heavy atom. The highest BCUT2D eigenvalue weighted by molar-refractivity contribution is 5.23. The minimum absolute atomic E-state index is 0.0619. The molecule has 0 aliphatic rings. The number of aromatic nitrogens is 2. The number of hydrogen-bond donors (Lipinski definition) is 0. The van der Waals surface area contributed by atoms with Crippen LogP contribution in [0.25, 0.3) is 0 Å². The Balaban J connectivity index is 3.23. The molecule has 0 N–H and O–H groups in total. The fourth-order valence-corrected chi connectivity index (χ4v) is 1.15. The molecule has 0 unspecified atom stereocenters. The Morgan fingerprint density at radius 3 is 2.45 bits per heavy atom. The van der Waals surface area contributed by atoms with Crippen LogP contribution in [0.15, 0.2) is 6.20 Å². The summed E-state index contributed by atoms with van der Waals surface area (Å²) in [5.74, 6) is 0. The molecule has 0 saturated carbocycles. The Bertz CT molecular complexity index is 299. The van der Waals surface area contributed by atoms with Gasteiger partial charge in [0.25, 0.3) is 0 Å². The molecule has 62 valence electrons. The molecule has 1 rings (SSSR count). The summed E-state index contributed by atoms with van der Waals surface area (Å²) in [5.41, 5.74) is 1.64. The molecule has 1 aromatic heterocycles. The minimum atomic E-state index is -2.17. The average molecular weight is 155 g/mol. The molecule has 0 atom stereocenters. The van der Waals surface area contributed by atoms with Gasteiger partial charge in [0.05, 0.1) is 6.20 Å². The maximum atomic E-state index is 7.27. The summed E-state index contributed by atoms with van der Waals surface area (Å²) in [6.07, 6.45) is 1.64. The van der Waals surface area contributed by atoms with Crippen molar-refractivity contribution in [1.82, 2.24) is 9.78 Å². The van der Waals surface area contributed by atoms with E-state index in [-0.39, 0.29) is 5.41 Å². The molecule has 0 amide bonds. The van der Waals surface area contributed by atoms with E-state index in [0.29, 0.717) is 0 Å². The first-order chi connectivity index (χ1) is 6.14. The largest absolute Gasteiger partial charge is 0.273 e.